The summed E-state index contributed by atoms with van der Waals surface area (Å²) in [5, 5.41) is 0. The van der Waals surface area contributed by atoms with Crippen LogP contribution in [0, 0.1) is 0 Å². The summed E-state index contributed by atoms with van der Waals surface area (Å²) in [5.41, 5.74) is 0. The molecule has 0 aliphatic rings. The molecule has 0 aliphatic heterocycles. The summed E-state index contributed by atoms with van der Waals surface area (Å²) < 4.78 is 42.6. The van der Waals surface area contributed by atoms with Gasteiger partial charge in [-0.25, -0.2) is 8.78 Å². The van der Waals surface area contributed by atoms with Gasteiger partial charge in [-0.05, 0) is 13.8 Å². The first kappa shape index (κ1) is 11.1. The van der Waals surface area contributed by atoms with Crippen LogP contribution >= 0.6 is 0 Å². The molecule has 0 N–H and O–H groups in total. The van der Waals surface area contributed by atoms with Gasteiger partial charge in [0.25, 0.3) is 0 Å². The van der Waals surface area contributed by atoms with Crippen molar-refractivity contribution in [1.82, 2.24) is 0 Å². The van der Waals surface area contributed by atoms with E-state index in [4.69, 9.17) is 0 Å². The first-order valence-corrected chi connectivity index (χ1v) is 3.93. The van der Waals surface area contributed by atoms with Crippen molar-refractivity contribution in [1.29, 1.82) is 0 Å². The normalized spacial score (nSPS) is 15.7. The van der Waals surface area contributed by atoms with Crippen LogP contribution < -0.4 is 0 Å². The third kappa shape index (κ3) is 7.20. The lowest BCUT2D eigenvalue weighted by molar-refractivity contribution is 0.375. The van der Waals surface area contributed by atoms with Crippen LogP contribution in [-0.4, -0.2) is 4.21 Å². The maximum Gasteiger partial charge on any atom is 0.416 e. The highest BCUT2D eigenvalue weighted by Crippen LogP contribution is 2.00. The van der Waals surface area contributed by atoms with E-state index < -0.39 is 23.0 Å². The Morgan fingerprint density at radius 3 is 1.75 bits per heavy atom. The Balaban J connectivity index is 3.76. The summed E-state index contributed by atoms with van der Waals surface area (Å²) in [7, 11) is 0. The molecule has 0 aromatic rings. The fourth-order valence-electron chi connectivity index (χ4n) is 0.234. The molecule has 0 heterocycles. The molecule has 0 aromatic carbocycles. The SMILES string of the molecule is CC(F)=COS(=O)OC=C(C)F. The minimum Gasteiger partial charge on any atom is -0.376 e. The van der Waals surface area contributed by atoms with Gasteiger partial charge in [0, 0.05) is 0 Å². The van der Waals surface area contributed by atoms with Gasteiger partial charge in [-0.3, -0.25) is 0 Å². The van der Waals surface area contributed by atoms with Crippen molar-refractivity contribution in [2.24, 2.45) is 0 Å². The Morgan fingerprint density at radius 1 is 1.17 bits per heavy atom. The van der Waals surface area contributed by atoms with E-state index in [1.54, 1.807) is 0 Å². The van der Waals surface area contributed by atoms with Gasteiger partial charge in [0.2, 0.25) is 0 Å². The molecule has 0 atom stereocenters. The van der Waals surface area contributed by atoms with Crippen molar-refractivity contribution in [2.45, 2.75) is 13.8 Å². The van der Waals surface area contributed by atoms with E-state index in [0.717, 1.165) is 13.8 Å². The molecule has 0 spiro atoms. The second kappa shape index (κ2) is 5.70. The molecule has 0 unspecified atom stereocenters. The lowest BCUT2D eigenvalue weighted by atomic mass is 10.7. The Morgan fingerprint density at radius 2 is 1.50 bits per heavy atom. The summed E-state index contributed by atoms with van der Waals surface area (Å²) in [4.78, 5) is 0. The molecule has 0 saturated carbocycles. The van der Waals surface area contributed by atoms with E-state index in [-0.39, 0.29) is 0 Å². The highest BCUT2D eigenvalue weighted by molar-refractivity contribution is 7.75. The number of allylic oxidation sites excluding steroid dienone is 2. The summed E-state index contributed by atoms with van der Waals surface area (Å²) >= 11 is -2.19. The zero-order valence-corrected chi connectivity index (χ0v) is 7.36. The minimum atomic E-state index is -2.19. The zero-order chi connectivity index (χ0) is 9.56. The van der Waals surface area contributed by atoms with Crippen molar-refractivity contribution in [3.63, 3.8) is 0 Å². The van der Waals surface area contributed by atoms with Crippen LogP contribution in [0.5, 0.6) is 0 Å². The highest BCUT2D eigenvalue weighted by Gasteiger charge is 1.97. The Kier molecular flexibility index (Phi) is 5.27. The van der Waals surface area contributed by atoms with Crippen LogP contribution in [0.15, 0.2) is 24.2 Å². The van der Waals surface area contributed by atoms with Crippen molar-refractivity contribution in [3.05, 3.63) is 24.2 Å². The van der Waals surface area contributed by atoms with E-state index in [9.17, 15) is 13.0 Å². The predicted octanol–water partition coefficient (Wildman–Crippen LogP) is 2.26. The Hall–Kier alpha value is -0.910. The van der Waals surface area contributed by atoms with Gasteiger partial charge in [0.15, 0.2) is 0 Å². The second-order valence-corrected chi connectivity index (χ2v) is 2.60. The fourth-order valence-corrected chi connectivity index (χ4v) is 0.702. The lowest BCUT2D eigenvalue weighted by Crippen LogP contribution is -1.92. The third-order valence-electron chi connectivity index (χ3n) is 0.578. The number of hydrogen-bond acceptors (Lipinski definition) is 3. The van der Waals surface area contributed by atoms with Crippen molar-refractivity contribution < 1.29 is 21.4 Å². The molecule has 0 radical (unpaired) electrons. The topological polar surface area (TPSA) is 35.5 Å². The molecule has 6 heteroatoms. The molecule has 0 bridgehead atoms. The van der Waals surface area contributed by atoms with Crippen molar-refractivity contribution in [2.75, 3.05) is 0 Å². The Bertz CT molecular complexity index is 195. The summed E-state index contributed by atoms with van der Waals surface area (Å²) in [5.74, 6) is -1.32. The first-order chi connectivity index (χ1) is 5.52. The number of halogens is 2. The molecule has 0 amide bonds. The van der Waals surface area contributed by atoms with Crippen molar-refractivity contribution in [3.8, 4) is 0 Å². The number of rotatable bonds is 4. The number of hydrogen-bond donors (Lipinski definition) is 0. The van der Waals surface area contributed by atoms with Crippen LogP contribution in [0.1, 0.15) is 13.8 Å². The fraction of sp³-hybridized carbons (Fsp3) is 0.333. The average molecular weight is 198 g/mol. The van der Waals surface area contributed by atoms with Crippen LogP contribution in [-0.2, 0) is 19.7 Å². The maximum atomic E-state index is 11.9. The maximum absolute atomic E-state index is 11.9. The van der Waals surface area contributed by atoms with Crippen LogP contribution in [0.25, 0.3) is 0 Å². The van der Waals surface area contributed by atoms with Gasteiger partial charge in [0.1, 0.15) is 24.2 Å². The molecule has 70 valence electrons. The second-order valence-electron chi connectivity index (χ2n) is 1.81. The quantitative estimate of drug-likeness (QED) is 0.650. The average Bonchev–Trinajstić information content (AvgIpc) is 1.96. The zero-order valence-electron chi connectivity index (χ0n) is 6.54. The molecule has 0 saturated heterocycles. The van der Waals surface area contributed by atoms with Crippen molar-refractivity contribution >= 4 is 11.4 Å². The molecule has 12 heavy (non-hydrogen) atoms. The highest BCUT2D eigenvalue weighted by atomic mass is 32.2. The molecular weight excluding hydrogens is 190 g/mol. The lowest BCUT2D eigenvalue weighted by Gasteiger charge is -1.96. The molecule has 0 rings (SSSR count). The smallest absolute Gasteiger partial charge is 0.376 e. The van der Waals surface area contributed by atoms with Gasteiger partial charge < -0.3 is 8.37 Å². The van der Waals surface area contributed by atoms with Gasteiger partial charge >= 0.3 is 11.4 Å². The predicted molar refractivity (Wildman–Crippen MR) is 40.0 cm³/mol. The van der Waals surface area contributed by atoms with E-state index in [0.29, 0.717) is 12.5 Å². The van der Waals surface area contributed by atoms with E-state index in [1.165, 1.54) is 0 Å². The van der Waals surface area contributed by atoms with E-state index >= 15 is 0 Å². The molecule has 3 nitrogen and oxygen atoms in total. The Labute approximate surface area is 71.5 Å². The minimum absolute atomic E-state index is 0.609. The van der Waals surface area contributed by atoms with Gasteiger partial charge in [-0.15, -0.1) is 0 Å². The molecular formula is C6H8F2O3S. The monoisotopic (exact) mass is 198 g/mol. The van der Waals surface area contributed by atoms with Crippen LogP contribution in [0.4, 0.5) is 8.78 Å². The van der Waals surface area contributed by atoms with E-state index in [2.05, 4.69) is 8.37 Å². The summed E-state index contributed by atoms with van der Waals surface area (Å²) in [6.45, 7) is 2.21. The van der Waals surface area contributed by atoms with Gasteiger partial charge in [0.05, 0.1) is 0 Å². The molecule has 0 fully saturated rings. The van der Waals surface area contributed by atoms with Gasteiger partial charge in [-0.1, -0.05) is 0 Å². The third-order valence-corrected chi connectivity index (χ3v) is 1.08. The summed E-state index contributed by atoms with van der Waals surface area (Å²) in [6, 6.07) is 0. The van der Waals surface area contributed by atoms with Crippen LogP contribution in [0.2, 0.25) is 0 Å². The molecule has 0 aliphatic carbocycles. The van der Waals surface area contributed by atoms with Crippen LogP contribution in [0.3, 0.4) is 0 Å². The van der Waals surface area contributed by atoms with Gasteiger partial charge in [-0.2, -0.15) is 4.21 Å². The molecule has 0 aromatic heterocycles. The first-order valence-electron chi connectivity index (χ1n) is 2.93. The van der Waals surface area contributed by atoms with E-state index in [1.807, 2.05) is 0 Å². The standard InChI is InChI=1S/C6H8F2O3S/c1-5(7)3-10-12(9)11-4-6(2)8/h3-4H,1-2H3. The summed E-state index contributed by atoms with van der Waals surface area (Å²) in [6.07, 6.45) is 1.22. The largest absolute Gasteiger partial charge is 0.416 e.